The maximum Gasteiger partial charge on any atom is 0.201 e. The predicted molar refractivity (Wildman–Crippen MR) is 51.9 cm³/mol. The Morgan fingerprint density at radius 1 is 1.57 bits per heavy atom. The van der Waals surface area contributed by atoms with E-state index >= 15 is 0 Å². The summed E-state index contributed by atoms with van der Waals surface area (Å²) in [6.45, 7) is 0.0987. The number of nitrogens with zero attached hydrogens (tertiary/aromatic N) is 4. The fourth-order valence-corrected chi connectivity index (χ4v) is 1.33. The van der Waals surface area contributed by atoms with E-state index in [0.29, 0.717) is 22.0 Å². The van der Waals surface area contributed by atoms with Crippen molar-refractivity contribution in [2.45, 2.75) is 6.54 Å². The molecule has 0 saturated carbocycles. The van der Waals surface area contributed by atoms with Gasteiger partial charge in [-0.1, -0.05) is 22.8 Å². The Morgan fingerprint density at radius 3 is 3.14 bits per heavy atom. The van der Waals surface area contributed by atoms with Crippen LogP contribution in [0, 0.1) is 0 Å². The van der Waals surface area contributed by atoms with Gasteiger partial charge in [-0.3, -0.25) is 0 Å². The van der Waals surface area contributed by atoms with Crippen molar-refractivity contribution in [1.29, 1.82) is 0 Å². The number of aromatic nitrogens is 1. The summed E-state index contributed by atoms with van der Waals surface area (Å²) in [5, 5.41) is 3.87. The van der Waals surface area contributed by atoms with Crippen molar-refractivity contribution in [2.75, 3.05) is 0 Å². The molecule has 0 radical (unpaired) electrons. The van der Waals surface area contributed by atoms with Crippen LogP contribution in [0.1, 0.15) is 5.89 Å². The number of para-hydroxylation sites is 1. The molecule has 0 aliphatic heterocycles. The molecule has 0 spiro atoms. The second-order valence-electron chi connectivity index (χ2n) is 2.58. The summed E-state index contributed by atoms with van der Waals surface area (Å²) in [5.41, 5.74) is 9.31. The lowest BCUT2D eigenvalue weighted by molar-refractivity contribution is 0.533. The molecule has 0 bridgehead atoms. The van der Waals surface area contributed by atoms with E-state index < -0.39 is 0 Å². The number of rotatable bonds is 2. The second kappa shape index (κ2) is 3.57. The van der Waals surface area contributed by atoms with E-state index in [1.54, 1.807) is 18.2 Å². The largest absolute Gasteiger partial charge is 0.441 e. The molecule has 0 aliphatic rings. The molecule has 0 unspecified atom stereocenters. The minimum Gasteiger partial charge on any atom is -0.441 e. The van der Waals surface area contributed by atoms with Crippen molar-refractivity contribution in [3.63, 3.8) is 0 Å². The molecule has 70 valence electrons. The number of azide groups is 1. The Morgan fingerprint density at radius 2 is 2.43 bits per heavy atom. The van der Waals surface area contributed by atoms with Gasteiger partial charge in [-0.25, -0.2) is 4.98 Å². The van der Waals surface area contributed by atoms with Gasteiger partial charge in [0.25, 0.3) is 0 Å². The number of halogens is 1. The molecule has 14 heavy (non-hydrogen) atoms. The highest BCUT2D eigenvalue weighted by molar-refractivity contribution is 6.34. The maximum absolute atomic E-state index is 8.12. The Balaban J connectivity index is 2.51. The average molecular weight is 209 g/mol. The minimum atomic E-state index is 0.0987. The lowest BCUT2D eigenvalue weighted by Crippen LogP contribution is -1.77. The third-order valence-corrected chi connectivity index (χ3v) is 1.99. The van der Waals surface area contributed by atoms with Crippen LogP contribution in [0.2, 0.25) is 5.02 Å². The van der Waals surface area contributed by atoms with E-state index in [1.807, 2.05) is 0 Å². The van der Waals surface area contributed by atoms with Crippen LogP contribution < -0.4 is 0 Å². The third-order valence-electron chi connectivity index (χ3n) is 1.68. The zero-order valence-corrected chi connectivity index (χ0v) is 7.77. The van der Waals surface area contributed by atoms with Crippen molar-refractivity contribution in [3.05, 3.63) is 39.6 Å². The van der Waals surface area contributed by atoms with E-state index in [-0.39, 0.29) is 6.54 Å². The van der Waals surface area contributed by atoms with Crippen LogP contribution in [0.3, 0.4) is 0 Å². The first-order chi connectivity index (χ1) is 6.81. The van der Waals surface area contributed by atoms with Crippen LogP contribution in [0.15, 0.2) is 27.7 Å². The molecular weight excluding hydrogens is 204 g/mol. The highest BCUT2D eigenvalue weighted by atomic mass is 35.5. The van der Waals surface area contributed by atoms with Gasteiger partial charge in [0.05, 0.1) is 5.02 Å². The van der Waals surface area contributed by atoms with Crippen molar-refractivity contribution in [3.8, 4) is 0 Å². The smallest absolute Gasteiger partial charge is 0.201 e. The SMILES string of the molecule is [N-]=[N+]=NCc1nc2c(Cl)cccc2o1. The van der Waals surface area contributed by atoms with Gasteiger partial charge in [0, 0.05) is 4.91 Å². The van der Waals surface area contributed by atoms with Crippen LogP contribution in [0.4, 0.5) is 0 Å². The van der Waals surface area contributed by atoms with Gasteiger partial charge < -0.3 is 4.42 Å². The molecule has 2 rings (SSSR count). The number of oxazole rings is 1. The van der Waals surface area contributed by atoms with E-state index in [9.17, 15) is 0 Å². The van der Waals surface area contributed by atoms with Gasteiger partial charge in [-0.15, -0.1) is 0 Å². The number of hydrogen-bond donors (Lipinski definition) is 0. The molecule has 2 aromatic rings. The van der Waals surface area contributed by atoms with Crippen LogP contribution in [-0.2, 0) is 6.54 Å². The molecule has 0 amide bonds. The van der Waals surface area contributed by atoms with Crippen LogP contribution in [-0.4, -0.2) is 4.98 Å². The molecule has 1 aromatic carbocycles. The summed E-state index contributed by atoms with van der Waals surface area (Å²) >= 11 is 5.88. The lowest BCUT2D eigenvalue weighted by Gasteiger charge is -1.86. The van der Waals surface area contributed by atoms with Gasteiger partial charge in [0.2, 0.25) is 5.89 Å². The molecule has 0 atom stereocenters. The van der Waals surface area contributed by atoms with E-state index in [0.717, 1.165) is 0 Å². The minimum absolute atomic E-state index is 0.0987. The topological polar surface area (TPSA) is 74.8 Å². The first kappa shape index (κ1) is 8.87. The van der Waals surface area contributed by atoms with Crippen molar-refractivity contribution >= 4 is 22.7 Å². The normalized spacial score (nSPS) is 10.1. The summed E-state index contributed by atoms with van der Waals surface area (Å²) in [6.07, 6.45) is 0. The summed E-state index contributed by atoms with van der Waals surface area (Å²) in [7, 11) is 0. The standard InChI is InChI=1S/C8H5ClN4O/c9-5-2-1-3-6-8(5)12-7(14-6)4-11-13-10/h1-3H,4H2. The average Bonchev–Trinajstić information content (AvgIpc) is 2.59. The first-order valence-corrected chi connectivity index (χ1v) is 4.24. The number of hydrogen-bond acceptors (Lipinski definition) is 3. The van der Waals surface area contributed by atoms with Crippen molar-refractivity contribution in [1.82, 2.24) is 4.98 Å². The molecule has 0 fully saturated rings. The van der Waals surface area contributed by atoms with E-state index in [1.165, 1.54) is 0 Å². The number of fused-ring (bicyclic) bond motifs is 1. The molecule has 1 aromatic heterocycles. The summed E-state index contributed by atoms with van der Waals surface area (Å²) in [6, 6.07) is 5.25. The summed E-state index contributed by atoms with van der Waals surface area (Å²) in [5.74, 6) is 0.367. The van der Waals surface area contributed by atoms with Crippen LogP contribution >= 0.6 is 11.6 Å². The molecule has 1 heterocycles. The van der Waals surface area contributed by atoms with E-state index in [2.05, 4.69) is 15.0 Å². The van der Waals surface area contributed by atoms with Gasteiger partial charge in [0.1, 0.15) is 12.1 Å². The first-order valence-electron chi connectivity index (χ1n) is 3.86. The quantitative estimate of drug-likeness (QED) is 0.431. The Kier molecular flexibility index (Phi) is 2.26. The Labute approximate surface area is 83.9 Å². The van der Waals surface area contributed by atoms with Gasteiger partial charge in [-0.05, 0) is 17.7 Å². The van der Waals surface area contributed by atoms with Crippen molar-refractivity contribution in [2.24, 2.45) is 5.11 Å². The highest BCUT2D eigenvalue weighted by Gasteiger charge is 2.06. The molecular formula is C8H5ClN4O. The van der Waals surface area contributed by atoms with Crippen LogP contribution in [0.5, 0.6) is 0 Å². The molecule has 0 aliphatic carbocycles. The Bertz CT molecular complexity index is 515. The zero-order valence-electron chi connectivity index (χ0n) is 7.01. The van der Waals surface area contributed by atoms with Gasteiger partial charge in [0.15, 0.2) is 5.58 Å². The predicted octanol–water partition coefficient (Wildman–Crippen LogP) is 3.29. The number of benzene rings is 1. The van der Waals surface area contributed by atoms with E-state index in [4.69, 9.17) is 21.5 Å². The van der Waals surface area contributed by atoms with Crippen molar-refractivity contribution < 1.29 is 4.42 Å². The summed E-state index contributed by atoms with van der Waals surface area (Å²) < 4.78 is 5.29. The summed E-state index contributed by atoms with van der Waals surface area (Å²) in [4.78, 5) is 6.70. The maximum atomic E-state index is 8.12. The molecule has 5 nitrogen and oxygen atoms in total. The highest BCUT2D eigenvalue weighted by Crippen LogP contribution is 2.23. The fourth-order valence-electron chi connectivity index (χ4n) is 1.12. The molecule has 0 N–H and O–H groups in total. The second-order valence-corrected chi connectivity index (χ2v) is 2.99. The molecule has 6 heteroatoms. The van der Waals surface area contributed by atoms with Gasteiger partial charge >= 0.3 is 0 Å². The monoisotopic (exact) mass is 208 g/mol. The van der Waals surface area contributed by atoms with Gasteiger partial charge in [-0.2, -0.15) is 0 Å². The Hall–Kier alpha value is -1.71. The third kappa shape index (κ3) is 1.51. The fraction of sp³-hybridized carbons (Fsp3) is 0.125. The lowest BCUT2D eigenvalue weighted by atomic mass is 10.3. The zero-order chi connectivity index (χ0) is 9.97. The molecule has 0 saturated heterocycles. The van der Waals surface area contributed by atoms with Crippen LogP contribution in [0.25, 0.3) is 21.5 Å².